The van der Waals surface area contributed by atoms with Crippen molar-refractivity contribution < 1.29 is 9.53 Å². The Labute approximate surface area is 207 Å². The fourth-order valence-corrected chi connectivity index (χ4v) is 4.14. The van der Waals surface area contributed by atoms with Crippen LogP contribution in [0, 0.1) is 0 Å². The molecule has 3 aromatic carbocycles. The number of carbonyl (C=O) groups excluding carboxylic acids is 1. The van der Waals surface area contributed by atoms with Gasteiger partial charge in [0.25, 0.3) is 0 Å². The largest absolute Gasteiger partial charge is 0.491 e. The molecule has 0 aliphatic carbocycles. The maximum Gasteiger partial charge on any atom is 0.244 e. The summed E-state index contributed by atoms with van der Waals surface area (Å²) in [6, 6.07) is 26.2. The van der Waals surface area contributed by atoms with Gasteiger partial charge in [0.1, 0.15) is 18.2 Å². The van der Waals surface area contributed by atoms with Crippen molar-refractivity contribution in [3.8, 4) is 5.75 Å². The van der Waals surface area contributed by atoms with Crippen molar-refractivity contribution in [2.45, 2.75) is 39.2 Å². The molecule has 0 saturated heterocycles. The first-order valence-corrected chi connectivity index (χ1v) is 12.3. The standard InChI is InChI=1S/C30H33N3O2/c1-3-23(2)25-13-7-10-16-28(25)35-22-21-33-27-15-9-8-14-26(27)32-29(33)19-20-31-30(34)18-17-24-11-5-4-6-12-24/h4-18,23H,3,19-22H2,1-2H3,(H,31,34)/b18-17+. The van der Waals surface area contributed by atoms with E-state index in [0.29, 0.717) is 32.0 Å². The summed E-state index contributed by atoms with van der Waals surface area (Å²) in [6.45, 7) is 6.17. The lowest BCUT2D eigenvalue weighted by molar-refractivity contribution is -0.116. The second-order valence-electron chi connectivity index (χ2n) is 8.65. The first-order valence-electron chi connectivity index (χ1n) is 12.3. The highest BCUT2D eigenvalue weighted by molar-refractivity contribution is 5.91. The van der Waals surface area contributed by atoms with Crippen molar-refractivity contribution >= 4 is 23.0 Å². The van der Waals surface area contributed by atoms with Crippen LogP contribution in [0.2, 0.25) is 0 Å². The first-order chi connectivity index (χ1) is 17.2. The zero-order valence-electron chi connectivity index (χ0n) is 20.5. The normalized spacial score (nSPS) is 12.2. The number of carbonyl (C=O) groups is 1. The van der Waals surface area contributed by atoms with E-state index in [1.807, 2.05) is 66.7 Å². The van der Waals surface area contributed by atoms with Gasteiger partial charge in [0.2, 0.25) is 5.91 Å². The summed E-state index contributed by atoms with van der Waals surface area (Å²) in [6.07, 6.45) is 5.10. The van der Waals surface area contributed by atoms with E-state index < -0.39 is 0 Å². The van der Waals surface area contributed by atoms with Gasteiger partial charge in [0.15, 0.2) is 0 Å². The number of hydrogen-bond donors (Lipinski definition) is 1. The topological polar surface area (TPSA) is 56.1 Å². The van der Waals surface area contributed by atoms with Gasteiger partial charge in [0.05, 0.1) is 17.6 Å². The molecular weight excluding hydrogens is 434 g/mol. The fourth-order valence-electron chi connectivity index (χ4n) is 4.14. The Hall–Kier alpha value is -3.86. The Morgan fingerprint density at radius 2 is 1.77 bits per heavy atom. The number of imidazole rings is 1. The molecule has 1 heterocycles. The van der Waals surface area contributed by atoms with Gasteiger partial charge in [-0.2, -0.15) is 0 Å². The Morgan fingerprint density at radius 1 is 1.03 bits per heavy atom. The number of nitrogens with one attached hydrogen (secondary N) is 1. The first kappa shape index (κ1) is 24.3. The molecule has 1 atom stereocenters. The van der Waals surface area contributed by atoms with Gasteiger partial charge >= 0.3 is 0 Å². The number of amides is 1. The highest BCUT2D eigenvalue weighted by Gasteiger charge is 2.13. The summed E-state index contributed by atoms with van der Waals surface area (Å²) in [7, 11) is 0. The van der Waals surface area contributed by atoms with Crippen molar-refractivity contribution in [2.24, 2.45) is 0 Å². The van der Waals surface area contributed by atoms with Crippen molar-refractivity contribution in [3.05, 3.63) is 102 Å². The van der Waals surface area contributed by atoms with E-state index in [1.54, 1.807) is 6.08 Å². The van der Waals surface area contributed by atoms with Gasteiger partial charge in [-0.05, 0) is 47.7 Å². The monoisotopic (exact) mass is 467 g/mol. The van der Waals surface area contributed by atoms with Crippen LogP contribution < -0.4 is 10.1 Å². The number of aromatic nitrogens is 2. The molecule has 180 valence electrons. The third kappa shape index (κ3) is 6.38. The van der Waals surface area contributed by atoms with E-state index in [-0.39, 0.29) is 5.91 Å². The summed E-state index contributed by atoms with van der Waals surface area (Å²) in [5, 5.41) is 2.97. The van der Waals surface area contributed by atoms with E-state index in [0.717, 1.165) is 34.6 Å². The fraction of sp³-hybridized carbons (Fsp3) is 0.267. The average Bonchev–Trinajstić information content (AvgIpc) is 3.25. The molecule has 35 heavy (non-hydrogen) atoms. The minimum Gasteiger partial charge on any atom is -0.491 e. The van der Waals surface area contributed by atoms with Gasteiger partial charge in [-0.3, -0.25) is 4.79 Å². The zero-order chi connectivity index (χ0) is 24.5. The molecule has 5 heteroatoms. The number of para-hydroxylation sites is 3. The molecule has 4 aromatic rings. The predicted molar refractivity (Wildman–Crippen MR) is 143 cm³/mol. The number of rotatable bonds is 11. The molecule has 4 rings (SSSR count). The molecule has 0 bridgehead atoms. The van der Waals surface area contributed by atoms with Gasteiger partial charge in [-0.25, -0.2) is 4.98 Å². The minimum atomic E-state index is -0.110. The Morgan fingerprint density at radius 3 is 2.60 bits per heavy atom. The van der Waals surface area contributed by atoms with Crippen LogP contribution in [0.5, 0.6) is 5.75 Å². The maximum absolute atomic E-state index is 12.3. The minimum absolute atomic E-state index is 0.110. The lowest BCUT2D eigenvalue weighted by Gasteiger charge is -2.16. The van der Waals surface area contributed by atoms with E-state index in [2.05, 4.69) is 41.9 Å². The molecule has 1 unspecified atom stereocenters. The van der Waals surface area contributed by atoms with Crippen LogP contribution in [-0.4, -0.2) is 28.6 Å². The quantitative estimate of drug-likeness (QED) is 0.275. The summed E-state index contributed by atoms with van der Waals surface area (Å²) < 4.78 is 8.43. The van der Waals surface area contributed by atoms with Crippen LogP contribution in [0.4, 0.5) is 0 Å². The average molecular weight is 468 g/mol. The second-order valence-corrected chi connectivity index (χ2v) is 8.65. The van der Waals surface area contributed by atoms with Crippen LogP contribution >= 0.6 is 0 Å². The third-order valence-electron chi connectivity index (χ3n) is 6.24. The molecule has 0 saturated carbocycles. The number of hydrogen-bond acceptors (Lipinski definition) is 3. The molecule has 0 radical (unpaired) electrons. The number of ether oxygens (including phenoxy) is 1. The summed E-state index contributed by atoms with van der Waals surface area (Å²) in [5.41, 5.74) is 4.28. The summed E-state index contributed by atoms with van der Waals surface area (Å²) >= 11 is 0. The highest BCUT2D eigenvalue weighted by atomic mass is 16.5. The number of fused-ring (bicyclic) bond motifs is 1. The zero-order valence-corrected chi connectivity index (χ0v) is 20.5. The number of nitrogens with zero attached hydrogens (tertiary/aromatic N) is 2. The summed E-state index contributed by atoms with van der Waals surface area (Å²) in [5.74, 6) is 2.24. The van der Waals surface area contributed by atoms with Crippen molar-refractivity contribution in [1.29, 1.82) is 0 Å². The van der Waals surface area contributed by atoms with E-state index >= 15 is 0 Å². The lowest BCUT2D eigenvalue weighted by Crippen LogP contribution is -2.25. The Bertz CT molecular complexity index is 1280. The summed E-state index contributed by atoms with van der Waals surface area (Å²) in [4.78, 5) is 17.1. The van der Waals surface area contributed by atoms with Crippen LogP contribution in [0.25, 0.3) is 17.1 Å². The van der Waals surface area contributed by atoms with Crippen LogP contribution in [0.1, 0.15) is 43.1 Å². The Kier molecular flexibility index (Phi) is 8.34. The third-order valence-corrected chi connectivity index (χ3v) is 6.24. The van der Waals surface area contributed by atoms with E-state index in [1.165, 1.54) is 5.56 Å². The van der Waals surface area contributed by atoms with E-state index in [9.17, 15) is 4.79 Å². The molecule has 1 amide bonds. The maximum atomic E-state index is 12.3. The SMILES string of the molecule is CCC(C)c1ccccc1OCCn1c(CCNC(=O)/C=C/c2ccccc2)nc2ccccc21. The van der Waals surface area contributed by atoms with Gasteiger partial charge in [-0.15, -0.1) is 0 Å². The molecule has 0 aliphatic heterocycles. The highest BCUT2D eigenvalue weighted by Crippen LogP contribution is 2.28. The van der Waals surface area contributed by atoms with Crippen molar-refractivity contribution in [1.82, 2.24) is 14.9 Å². The molecule has 0 aliphatic rings. The predicted octanol–water partition coefficient (Wildman–Crippen LogP) is 6.00. The van der Waals surface area contributed by atoms with Crippen molar-refractivity contribution in [2.75, 3.05) is 13.2 Å². The molecule has 0 spiro atoms. The van der Waals surface area contributed by atoms with Crippen LogP contribution in [0.3, 0.4) is 0 Å². The van der Waals surface area contributed by atoms with Gasteiger partial charge < -0.3 is 14.6 Å². The van der Waals surface area contributed by atoms with Crippen LogP contribution in [-0.2, 0) is 17.8 Å². The molecule has 0 fully saturated rings. The molecule has 5 nitrogen and oxygen atoms in total. The van der Waals surface area contributed by atoms with Gasteiger partial charge in [-0.1, -0.05) is 74.5 Å². The van der Waals surface area contributed by atoms with E-state index in [4.69, 9.17) is 9.72 Å². The molecule has 1 N–H and O–H groups in total. The lowest BCUT2D eigenvalue weighted by atomic mass is 9.98. The van der Waals surface area contributed by atoms with Crippen LogP contribution in [0.15, 0.2) is 84.9 Å². The molecule has 1 aromatic heterocycles. The second kappa shape index (κ2) is 12.0. The smallest absolute Gasteiger partial charge is 0.244 e. The molecular formula is C30H33N3O2. The van der Waals surface area contributed by atoms with Crippen molar-refractivity contribution in [3.63, 3.8) is 0 Å². The Balaban J connectivity index is 1.39. The van der Waals surface area contributed by atoms with Gasteiger partial charge in [0, 0.05) is 19.0 Å². The number of benzene rings is 3.